The Bertz CT molecular complexity index is 525. The van der Waals surface area contributed by atoms with Crippen molar-refractivity contribution >= 4 is 21.8 Å². The number of hydrogen-bond donors (Lipinski definition) is 1. The molecule has 1 aromatic carbocycles. The molecule has 17 heavy (non-hydrogen) atoms. The van der Waals surface area contributed by atoms with Crippen molar-refractivity contribution in [1.29, 1.82) is 0 Å². The first-order valence-electron chi connectivity index (χ1n) is 4.70. The Hall–Kier alpha value is -1.95. The normalized spacial score (nSPS) is 9.94. The number of ether oxygens (including phenoxy) is 1. The number of halogens is 1. The van der Waals surface area contributed by atoms with E-state index in [1.807, 2.05) is 0 Å². The van der Waals surface area contributed by atoms with Crippen LogP contribution in [0.5, 0.6) is 11.8 Å². The highest BCUT2D eigenvalue weighted by Crippen LogP contribution is 2.18. The van der Waals surface area contributed by atoms with Gasteiger partial charge in [0.1, 0.15) is 5.75 Å². The fourth-order valence-corrected chi connectivity index (χ4v) is 1.35. The Morgan fingerprint density at radius 1 is 1.18 bits per heavy atom. The Morgan fingerprint density at radius 3 is 2.29 bits per heavy atom. The highest BCUT2D eigenvalue weighted by Gasteiger charge is 2.02. The topological polar surface area (TPSA) is 78.1 Å². The summed E-state index contributed by atoms with van der Waals surface area (Å²) >= 11 is 3.22. The van der Waals surface area contributed by atoms with Gasteiger partial charge in [0.05, 0.1) is 4.47 Å². The van der Waals surface area contributed by atoms with Crippen LogP contribution in [0.25, 0.3) is 0 Å². The maximum atomic E-state index is 10.9. The van der Waals surface area contributed by atoms with Crippen LogP contribution in [0.15, 0.2) is 41.1 Å². The smallest absolute Gasteiger partial charge is 0.321 e. The highest BCUT2D eigenvalue weighted by molar-refractivity contribution is 9.10. The van der Waals surface area contributed by atoms with Gasteiger partial charge >= 0.3 is 6.01 Å². The molecule has 0 fully saturated rings. The van der Waals surface area contributed by atoms with Crippen LogP contribution in [-0.4, -0.2) is 15.9 Å². The fraction of sp³-hybridized carbons (Fsp3) is 0. The number of aromatic nitrogens is 2. The van der Waals surface area contributed by atoms with E-state index in [4.69, 9.17) is 10.5 Å². The fourth-order valence-electron chi connectivity index (χ4n) is 1.15. The molecule has 5 nitrogen and oxygen atoms in total. The maximum absolute atomic E-state index is 10.9. The van der Waals surface area contributed by atoms with Gasteiger partial charge in [-0.15, -0.1) is 0 Å². The van der Waals surface area contributed by atoms with Crippen LogP contribution < -0.4 is 10.5 Å². The first-order valence-corrected chi connectivity index (χ1v) is 5.50. The lowest BCUT2D eigenvalue weighted by molar-refractivity contribution is 0.100. The predicted octanol–water partition coefficient (Wildman–Crippen LogP) is 2.13. The number of carbonyl (C=O) groups excluding carboxylic acids is 1. The second-order valence-electron chi connectivity index (χ2n) is 3.17. The van der Waals surface area contributed by atoms with E-state index in [2.05, 4.69) is 25.9 Å². The molecular formula is C11H8BrN3O2. The van der Waals surface area contributed by atoms with E-state index < -0.39 is 5.91 Å². The van der Waals surface area contributed by atoms with E-state index in [0.29, 0.717) is 11.3 Å². The molecule has 2 aromatic rings. The third-order valence-corrected chi connectivity index (χ3v) is 2.35. The van der Waals surface area contributed by atoms with Gasteiger partial charge in [-0.05, 0) is 40.2 Å². The molecule has 0 atom stereocenters. The lowest BCUT2D eigenvalue weighted by Gasteiger charge is -2.03. The molecule has 2 rings (SSSR count). The quantitative estimate of drug-likeness (QED) is 0.940. The highest BCUT2D eigenvalue weighted by atomic mass is 79.9. The molecule has 0 unspecified atom stereocenters. The van der Waals surface area contributed by atoms with E-state index in [1.165, 1.54) is 0 Å². The molecule has 86 valence electrons. The number of carbonyl (C=O) groups is 1. The first kappa shape index (κ1) is 11.5. The molecule has 0 aliphatic heterocycles. The van der Waals surface area contributed by atoms with Gasteiger partial charge < -0.3 is 10.5 Å². The lowest BCUT2D eigenvalue weighted by atomic mass is 10.2. The summed E-state index contributed by atoms with van der Waals surface area (Å²) in [6.07, 6.45) is 3.17. The minimum absolute atomic E-state index is 0.236. The summed E-state index contributed by atoms with van der Waals surface area (Å²) in [4.78, 5) is 18.8. The number of rotatable bonds is 3. The summed E-state index contributed by atoms with van der Waals surface area (Å²) in [5.74, 6) is 0.0637. The van der Waals surface area contributed by atoms with E-state index >= 15 is 0 Å². The van der Waals surface area contributed by atoms with Crippen LogP contribution in [0, 0.1) is 0 Å². The average Bonchev–Trinajstić information content (AvgIpc) is 2.33. The van der Waals surface area contributed by atoms with Crippen molar-refractivity contribution in [3.05, 3.63) is 46.7 Å². The molecule has 0 spiro atoms. The third-order valence-electron chi connectivity index (χ3n) is 1.94. The molecule has 1 aromatic heterocycles. The van der Waals surface area contributed by atoms with Gasteiger partial charge in [0, 0.05) is 18.0 Å². The zero-order chi connectivity index (χ0) is 12.3. The predicted molar refractivity (Wildman–Crippen MR) is 64.8 cm³/mol. The van der Waals surface area contributed by atoms with Crippen molar-refractivity contribution in [3.63, 3.8) is 0 Å². The van der Waals surface area contributed by atoms with Gasteiger partial charge in [0.15, 0.2) is 0 Å². The maximum Gasteiger partial charge on any atom is 0.321 e. The van der Waals surface area contributed by atoms with Gasteiger partial charge in [-0.2, -0.15) is 0 Å². The zero-order valence-electron chi connectivity index (χ0n) is 8.63. The molecule has 0 radical (unpaired) electrons. The Balaban J connectivity index is 2.13. The summed E-state index contributed by atoms with van der Waals surface area (Å²) in [6, 6.07) is 6.66. The van der Waals surface area contributed by atoms with Crippen molar-refractivity contribution in [2.75, 3.05) is 0 Å². The molecule has 0 saturated heterocycles. The van der Waals surface area contributed by atoms with Crippen LogP contribution >= 0.6 is 15.9 Å². The summed E-state index contributed by atoms with van der Waals surface area (Å²) < 4.78 is 6.15. The number of primary amides is 1. The van der Waals surface area contributed by atoms with Gasteiger partial charge in [-0.25, -0.2) is 9.97 Å². The average molecular weight is 294 g/mol. The number of hydrogen-bond acceptors (Lipinski definition) is 4. The largest absolute Gasteiger partial charge is 0.424 e. The standard InChI is InChI=1S/C11H8BrN3O2/c12-8-5-14-11(15-6-8)17-9-3-1-7(2-4-9)10(13)16/h1-6H,(H2,13,16). The molecule has 6 heteroatoms. The summed E-state index contributed by atoms with van der Waals surface area (Å²) in [7, 11) is 0. The van der Waals surface area contributed by atoms with Crippen molar-refractivity contribution in [3.8, 4) is 11.8 Å². The van der Waals surface area contributed by atoms with Crippen LogP contribution in [0.4, 0.5) is 0 Å². The van der Waals surface area contributed by atoms with Gasteiger partial charge in [-0.1, -0.05) is 0 Å². The molecular weight excluding hydrogens is 286 g/mol. The Kier molecular flexibility index (Phi) is 3.34. The summed E-state index contributed by atoms with van der Waals surface area (Å²) in [5.41, 5.74) is 5.55. The van der Waals surface area contributed by atoms with E-state index in [1.54, 1.807) is 36.7 Å². The van der Waals surface area contributed by atoms with E-state index in [0.717, 1.165) is 4.47 Å². The first-order chi connectivity index (χ1) is 8.15. The van der Waals surface area contributed by atoms with Crippen LogP contribution in [0.3, 0.4) is 0 Å². The third kappa shape index (κ3) is 3.01. The molecule has 1 amide bonds. The van der Waals surface area contributed by atoms with Gasteiger partial charge in [-0.3, -0.25) is 4.79 Å². The minimum Gasteiger partial charge on any atom is -0.424 e. The van der Waals surface area contributed by atoms with Crippen molar-refractivity contribution in [1.82, 2.24) is 9.97 Å². The lowest BCUT2D eigenvalue weighted by Crippen LogP contribution is -2.10. The van der Waals surface area contributed by atoms with E-state index in [-0.39, 0.29) is 6.01 Å². The van der Waals surface area contributed by atoms with Crippen molar-refractivity contribution < 1.29 is 9.53 Å². The van der Waals surface area contributed by atoms with Gasteiger partial charge in [0.25, 0.3) is 0 Å². The number of nitrogens with two attached hydrogens (primary N) is 1. The Labute approximate surface area is 106 Å². The minimum atomic E-state index is -0.476. The zero-order valence-corrected chi connectivity index (χ0v) is 10.2. The molecule has 0 aliphatic rings. The van der Waals surface area contributed by atoms with Crippen molar-refractivity contribution in [2.24, 2.45) is 5.73 Å². The summed E-state index contributed by atoms with van der Waals surface area (Å²) in [5, 5.41) is 0. The second kappa shape index (κ2) is 4.92. The molecule has 2 N–H and O–H groups in total. The number of nitrogens with zero attached hydrogens (tertiary/aromatic N) is 2. The Morgan fingerprint density at radius 2 is 1.76 bits per heavy atom. The number of benzene rings is 1. The molecule has 1 heterocycles. The van der Waals surface area contributed by atoms with Gasteiger partial charge in [0.2, 0.25) is 5.91 Å². The van der Waals surface area contributed by atoms with Crippen LogP contribution in [0.2, 0.25) is 0 Å². The molecule has 0 aliphatic carbocycles. The van der Waals surface area contributed by atoms with E-state index in [9.17, 15) is 4.79 Å². The molecule has 0 bridgehead atoms. The monoisotopic (exact) mass is 293 g/mol. The second-order valence-corrected chi connectivity index (χ2v) is 4.09. The van der Waals surface area contributed by atoms with Crippen LogP contribution in [0.1, 0.15) is 10.4 Å². The number of amides is 1. The van der Waals surface area contributed by atoms with Crippen LogP contribution in [-0.2, 0) is 0 Å². The van der Waals surface area contributed by atoms with Crippen molar-refractivity contribution in [2.45, 2.75) is 0 Å². The molecule has 0 saturated carbocycles. The SMILES string of the molecule is NC(=O)c1ccc(Oc2ncc(Br)cn2)cc1. The summed E-state index contributed by atoms with van der Waals surface area (Å²) in [6.45, 7) is 0.